The maximum Gasteiger partial charge on any atom is 0.237 e. The van der Waals surface area contributed by atoms with E-state index >= 15 is 0 Å². The van der Waals surface area contributed by atoms with Crippen molar-refractivity contribution in [3.05, 3.63) is 35.2 Å². The van der Waals surface area contributed by atoms with Crippen LogP contribution in [0, 0.1) is 6.92 Å². The van der Waals surface area contributed by atoms with E-state index in [1.165, 1.54) is 30.2 Å². The summed E-state index contributed by atoms with van der Waals surface area (Å²) in [4.78, 5) is 12.7. The summed E-state index contributed by atoms with van der Waals surface area (Å²) in [7, 11) is 1.98. The summed E-state index contributed by atoms with van der Waals surface area (Å²) in [6.07, 6.45) is 2.38. The lowest BCUT2D eigenvalue weighted by molar-refractivity contribution is -0.115. The molecule has 3 rings (SSSR count). The number of amides is 1. The lowest BCUT2D eigenvalue weighted by Gasteiger charge is -2.18. The molecule has 0 saturated heterocycles. The number of hydrogen-bond acceptors (Lipinski definition) is 4. The zero-order chi connectivity index (χ0) is 18.1. The van der Waals surface area contributed by atoms with Gasteiger partial charge in [0.25, 0.3) is 0 Å². The van der Waals surface area contributed by atoms with Gasteiger partial charge in [0.05, 0.1) is 5.25 Å². The van der Waals surface area contributed by atoms with Crippen LogP contribution in [-0.2, 0) is 11.8 Å². The smallest absolute Gasteiger partial charge is 0.237 e. The number of hydrogen-bond donors (Lipinski definition) is 1. The minimum atomic E-state index is -0.241. The number of carbonyl (C=O) groups excluding carboxylic acids is 1. The van der Waals surface area contributed by atoms with E-state index in [9.17, 15) is 4.79 Å². The van der Waals surface area contributed by atoms with Crippen LogP contribution in [0.15, 0.2) is 23.4 Å². The van der Waals surface area contributed by atoms with Crippen LogP contribution in [0.4, 0.5) is 5.69 Å². The zero-order valence-corrected chi connectivity index (χ0v) is 16.4. The number of aromatic nitrogens is 3. The summed E-state index contributed by atoms with van der Waals surface area (Å²) in [6, 6.07) is 6.15. The molecule has 1 atom stereocenters. The molecule has 1 N–H and O–H groups in total. The molecule has 134 valence electrons. The fourth-order valence-corrected chi connectivity index (χ4v) is 3.73. The predicted molar refractivity (Wildman–Crippen MR) is 102 cm³/mol. The Morgan fingerprint density at radius 1 is 1.28 bits per heavy atom. The Morgan fingerprint density at radius 3 is 2.64 bits per heavy atom. The molecule has 1 aromatic heterocycles. The summed E-state index contributed by atoms with van der Waals surface area (Å²) in [5, 5.41) is 12.2. The highest BCUT2D eigenvalue weighted by molar-refractivity contribution is 8.00. The molecule has 1 saturated carbocycles. The summed E-state index contributed by atoms with van der Waals surface area (Å²) >= 11 is 1.46. The standard InChI is InChI=1S/C19H26N4OS/c1-11(2)15-8-6-7-12(3)16(15)20-18(24)13(4)25-19-22-21-17(23(19)5)14-9-10-14/h6-8,11,13-14H,9-10H2,1-5H3,(H,20,24)/t13-/m0/s1. The second-order valence-corrected chi connectivity index (χ2v) is 8.43. The van der Waals surface area contributed by atoms with E-state index in [0.29, 0.717) is 11.8 Å². The van der Waals surface area contributed by atoms with Gasteiger partial charge in [-0.15, -0.1) is 10.2 Å². The largest absolute Gasteiger partial charge is 0.325 e. The van der Waals surface area contributed by atoms with E-state index in [4.69, 9.17) is 0 Å². The summed E-state index contributed by atoms with van der Waals surface area (Å²) < 4.78 is 2.03. The molecule has 0 radical (unpaired) electrons. The molecule has 1 aliphatic carbocycles. The number of rotatable bonds is 6. The van der Waals surface area contributed by atoms with Gasteiger partial charge in [-0.05, 0) is 43.7 Å². The van der Waals surface area contributed by atoms with Gasteiger partial charge >= 0.3 is 0 Å². The average Bonchev–Trinajstić information content (AvgIpc) is 3.34. The van der Waals surface area contributed by atoms with Crippen LogP contribution in [0.25, 0.3) is 0 Å². The van der Waals surface area contributed by atoms with E-state index in [2.05, 4.69) is 35.4 Å². The Hall–Kier alpha value is -1.82. The summed E-state index contributed by atoms with van der Waals surface area (Å²) in [5.41, 5.74) is 3.19. The first-order chi connectivity index (χ1) is 11.9. The minimum Gasteiger partial charge on any atom is -0.325 e. The maximum absolute atomic E-state index is 12.7. The maximum atomic E-state index is 12.7. The van der Waals surface area contributed by atoms with Crippen molar-refractivity contribution in [2.24, 2.45) is 7.05 Å². The van der Waals surface area contributed by atoms with Crippen molar-refractivity contribution < 1.29 is 4.79 Å². The van der Waals surface area contributed by atoms with Crippen molar-refractivity contribution in [1.29, 1.82) is 0 Å². The number of benzene rings is 1. The Balaban J connectivity index is 1.71. The lowest BCUT2D eigenvalue weighted by Crippen LogP contribution is -2.24. The van der Waals surface area contributed by atoms with Gasteiger partial charge in [-0.2, -0.15) is 0 Å². The average molecular weight is 359 g/mol. The third kappa shape index (κ3) is 3.89. The van der Waals surface area contributed by atoms with Crippen LogP contribution in [0.2, 0.25) is 0 Å². The van der Waals surface area contributed by atoms with Gasteiger partial charge in [-0.3, -0.25) is 4.79 Å². The molecule has 0 spiro atoms. The first-order valence-corrected chi connectivity index (χ1v) is 9.72. The fourth-order valence-electron chi connectivity index (χ4n) is 2.90. The first-order valence-electron chi connectivity index (χ1n) is 8.84. The number of para-hydroxylation sites is 1. The van der Waals surface area contributed by atoms with E-state index in [1.807, 2.05) is 37.6 Å². The second kappa shape index (κ2) is 7.20. The van der Waals surface area contributed by atoms with Crippen molar-refractivity contribution in [3.8, 4) is 0 Å². The Kier molecular flexibility index (Phi) is 5.18. The summed E-state index contributed by atoms with van der Waals surface area (Å²) in [6.45, 7) is 8.23. The van der Waals surface area contributed by atoms with Gasteiger partial charge in [0.2, 0.25) is 5.91 Å². The minimum absolute atomic E-state index is 0.00262. The number of aryl methyl sites for hydroxylation is 1. The van der Waals surface area contributed by atoms with E-state index in [1.54, 1.807) is 0 Å². The predicted octanol–water partition coefficient (Wildman–Crippen LogP) is 4.24. The third-order valence-corrected chi connectivity index (χ3v) is 5.77. The van der Waals surface area contributed by atoms with Crippen LogP contribution in [0.3, 0.4) is 0 Å². The number of thioether (sulfide) groups is 1. The number of anilines is 1. The number of nitrogens with one attached hydrogen (secondary N) is 1. The third-order valence-electron chi connectivity index (χ3n) is 4.64. The fraction of sp³-hybridized carbons (Fsp3) is 0.526. The van der Waals surface area contributed by atoms with Crippen molar-refractivity contribution in [1.82, 2.24) is 14.8 Å². The molecule has 1 fully saturated rings. The number of carbonyl (C=O) groups is 1. The SMILES string of the molecule is Cc1cccc(C(C)C)c1NC(=O)[C@H](C)Sc1nnc(C2CC2)n1C. The molecule has 1 amide bonds. The van der Waals surface area contributed by atoms with E-state index in [-0.39, 0.29) is 11.2 Å². The van der Waals surface area contributed by atoms with Crippen LogP contribution >= 0.6 is 11.8 Å². The molecule has 0 unspecified atom stereocenters. The van der Waals surface area contributed by atoms with Crippen LogP contribution in [0.5, 0.6) is 0 Å². The summed E-state index contributed by atoms with van der Waals surface area (Å²) in [5.74, 6) is 1.95. The normalized spacial score (nSPS) is 15.4. The van der Waals surface area contributed by atoms with Gasteiger partial charge in [0, 0.05) is 18.7 Å². The molecule has 2 aromatic rings. The topological polar surface area (TPSA) is 59.8 Å². The molecule has 1 aliphatic rings. The highest BCUT2D eigenvalue weighted by Gasteiger charge is 2.30. The lowest BCUT2D eigenvalue weighted by atomic mass is 9.98. The molecule has 25 heavy (non-hydrogen) atoms. The second-order valence-electron chi connectivity index (χ2n) is 7.12. The molecule has 1 aromatic carbocycles. The molecule has 0 bridgehead atoms. The monoisotopic (exact) mass is 358 g/mol. The van der Waals surface area contributed by atoms with Crippen molar-refractivity contribution in [2.45, 2.75) is 62.8 Å². The molecule has 6 heteroatoms. The van der Waals surface area contributed by atoms with E-state index < -0.39 is 0 Å². The van der Waals surface area contributed by atoms with Gasteiger partial charge in [0.1, 0.15) is 5.82 Å². The highest BCUT2D eigenvalue weighted by Crippen LogP contribution is 2.40. The van der Waals surface area contributed by atoms with Gasteiger partial charge in [0.15, 0.2) is 5.16 Å². The van der Waals surface area contributed by atoms with Gasteiger partial charge in [-0.25, -0.2) is 0 Å². The Bertz CT molecular complexity index is 780. The molecule has 5 nitrogen and oxygen atoms in total. The molecular weight excluding hydrogens is 332 g/mol. The van der Waals surface area contributed by atoms with Crippen molar-refractivity contribution in [2.75, 3.05) is 5.32 Å². The quantitative estimate of drug-likeness (QED) is 0.785. The van der Waals surface area contributed by atoms with Crippen LogP contribution in [-0.4, -0.2) is 25.9 Å². The van der Waals surface area contributed by atoms with Crippen LogP contribution in [0.1, 0.15) is 62.4 Å². The molecular formula is C19H26N4OS. The molecule has 0 aliphatic heterocycles. The van der Waals surface area contributed by atoms with Crippen LogP contribution < -0.4 is 5.32 Å². The molecule has 1 heterocycles. The Morgan fingerprint density at radius 2 is 2.00 bits per heavy atom. The van der Waals surface area contributed by atoms with Gasteiger partial charge < -0.3 is 9.88 Å². The first kappa shape index (κ1) is 18.0. The zero-order valence-electron chi connectivity index (χ0n) is 15.5. The van der Waals surface area contributed by atoms with Crippen molar-refractivity contribution >= 4 is 23.4 Å². The number of nitrogens with zero attached hydrogens (tertiary/aromatic N) is 3. The van der Waals surface area contributed by atoms with Crippen molar-refractivity contribution in [3.63, 3.8) is 0 Å². The van der Waals surface area contributed by atoms with E-state index in [0.717, 1.165) is 22.2 Å². The highest BCUT2D eigenvalue weighted by atomic mass is 32.2. The van der Waals surface area contributed by atoms with Gasteiger partial charge in [-0.1, -0.05) is 43.8 Å². The Labute approximate surface area is 153 Å².